The van der Waals surface area contributed by atoms with Gasteiger partial charge in [0, 0.05) is 6.42 Å². The molecule has 0 spiro atoms. The van der Waals surface area contributed by atoms with Crippen LogP contribution in [0.5, 0.6) is 0 Å². The molecule has 396 valence electrons. The van der Waals surface area contributed by atoms with E-state index >= 15 is 0 Å². The van der Waals surface area contributed by atoms with Crippen molar-refractivity contribution in [3.8, 4) is 0 Å². The summed E-state index contributed by atoms with van der Waals surface area (Å²) >= 11 is 0. The van der Waals surface area contributed by atoms with Gasteiger partial charge in [0.1, 0.15) is 24.4 Å². The van der Waals surface area contributed by atoms with E-state index in [1.807, 2.05) is 6.08 Å². The van der Waals surface area contributed by atoms with E-state index in [0.29, 0.717) is 6.42 Å². The van der Waals surface area contributed by atoms with Gasteiger partial charge >= 0.3 is 0 Å². The number of nitrogens with one attached hydrogen (secondary N) is 1. The lowest BCUT2D eigenvalue weighted by molar-refractivity contribution is -0.302. The predicted octanol–water partition coefficient (Wildman–Crippen LogP) is 13.9. The van der Waals surface area contributed by atoms with Crippen LogP contribution < -0.4 is 5.32 Å². The second-order valence-corrected chi connectivity index (χ2v) is 19.7. The minimum Gasteiger partial charge on any atom is -0.394 e. The number of carbonyl (C=O) groups is 1. The first-order valence-electron chi connectivity index (χ1n) is 28.5. The fourth-order valence-corrected chi connectivity index (χ4v) is 8.75. The average Bonchev–Trinajstić information content (AvgIpc) is 3.34. The summed E-state index contributed by atoms with van der Waals surface area (Å²) in [6, 6.07) is -0.838. The fraction of sp³-hybridized carbons (Fsp3) is 0.814. The molecule has 0 radical (unpaired) electrons. The van der Waals surface area contributed by atoms with Crippen molar-refractivity contribution in [3.05, 3.63) is 60.8 Å². The Morgan fingerprint density at radius 1 is 0.500 bits per heavy atom. The highest BCUT2D eigenvalue weighted by Crippen LogP contribution is 2.23. The van der Waals surface area contributed by atoms with Crippen molar-refractivity contribution in [2.24, 2.45) is 0 Å². The first-order chi connectivity index (χ1) is 33.3. The molecule has 1 fully saturated rings. The second kappa shape index (κ2) is 48.5. The zero-order valence-corrected chi connectivity index (χ0v) is 43.9. The molecule has 68 heavy (non-hydrogen) atoms. The molecule has 0 aromatic heterocycles. The fourth-order valence-electron chi connectivity index (χ4n) is 8.75. The molecule has 0 aromatic carbocycles. The van der Waals surface area contributed by atoms with Gasteiger partial charge in [0.2, 0.25) is 5.91 Å². The second-order valence-electron chi connectivity index (χ2n) is 19.7. The molecule has 1 heterocycles. The number of carbonyl (C=O) groups excluding carboxylic acids is 1. The zero-order valence-electron chi connectivity index (χ0n) is 43.9. The van der Waals surface area contributed by atoms with Crippen molar-refractivity contribution < 1.29 is 39.8 Å². The highest BCUT2D eigenvalue weighted by molar-refractivity contribution is 5.76. The predicted molar refractivity (Wildman–Crippen MR) is 286 cm³/mol. The maximum absolute atomic E-state index is 13.0. The van der Waals surface area contributed by atoms with Crippen LogP contribution in [0.15, 0.2) is 60.8 Å². The minimum absolute atomic E-state index is 0.205. The van der Waals surface area contributed by atoms with Crippen LogP contribution in [0.1, 0.15) is 251 Å². The largest absolute Gasteiger partial charge is 0.394 e. The van der Waals surface area contributed by atoms with Crippen LogP contribution in [-0.4, -0.2) is 87.5 Å². The lowest BCUT2D eigenvalue weighted by atomic mass is 9.99. The van der Waals surface area contributed by atoms with Crippen LogP contribution in [0.2, 0.25) is 0 Å². The molecule has 1 aliphatic rings. The highest BCUT2D eigenvalue weighted by atomic mass is 16.7. The van der Waals surface area contributed by atoms with E-state index in [9.17, 15) is 30.3 Å². The Kier molecular flexibility index (Phi) is 45.6. The van der Waals surface area contributed by atoms with E-state index in [1.54, 1.807) is 6.08 Å². The lowest BCUT2D eigenvalue weighted by Crippen LogP contribution is -2.60. The number of ether oxygens (including phenoxy) is 2. The molecule has 7 unspecified atom stereocenters. The van der Waals surface area contributed by atoms with Crippen molar-refractivity contribution in [3.63, 3.8) is 0 Å². The van der Waals surface area contributed by atoms with Crippen LogP contribution in [0.3, 0.4) is 0 Å². The Balaban J connectivity index is 2.24. The number of hydrogen-bond acceptors (Lipinski definition) is 8. The molecule has 1 saturated heterocycles. The van der Waals surface area contributed by atoms with Gasteiger partial charge in [0.15, 0.2) is 6.29 Å². The summed E-state index contributed by atoms with van der Waals surface area (Å²) in [5.74, 6) is -0.205. The van der Waals surface area contributed by atoms with Gasteiger partial charge < -0.3 is 40.3 Å². The summed E-state index contributed by atoms with van der Waals surface area (Å²) < 4.78 is 11.2. The number of hydrogen-bond donors (Lipinski definition) is 6. The molecular formula is C59H107NO8. The van der Waals surface area contributed by atoms with Crippen LogP contribution in [-0.2, 0) is 14.3 Å². The Hall–Kier alpha value is -2.11. The van der Waals surface area contributed by atoms with Gasteiger partial charge in [-0.15, -0.1) is 0 Å². The molecule has 1 amide bonds. The van der Waals surface area contributed by atoms with Crippen molar-refractivity contribution in [2.45, 2.75) is 294 Å². The molecule has 9 heteroatoms. The van der Waals surface area contributed by atoms with Gasteiger partial charge in [-0.2, -0.15) is 0 Å². The van der Waals surface area contributed by atoms with Crippen LogP contribution in [0, 0.1) is 0 Å². The van der Waals surface area contributed by atoms with E-state index in [4.69, 9.17) is 9.47 Å². The molecule has 0 aromatic rings. The standard InChI is InChI=1S/C59H107NO8/c1-3-5-7-9-11-13-15-17-19-20-21-22-23-24-25-26-27-28-29-30-31-32-33-35-36-38-40-42-44-46-48-53(62)52(51-67-59-58(66)57(65)56(64)54(50-61)68-59)60-55(63)49-47-45-43-41-39-37-34-18-16-14-12-10-8-6-4-2/h12,14,18,32-34,38,40,46,48,52-54,56-59,61-62,64-66H,3-11,13,15-17,19-31,35-37,39,41-45,47,49-51H2,1-2H3,(H,60,63)/b14-12-,33-32+,34-18-,40-38+,48-46+. The maximum Gasteiger partial charge on any atom is 0.220 e. The van der Waals surface area contributed by atoms with E-state index in [0.717, 1.165) is 70.6 Å². The van der Waals surface area contributed by atoms with Crippen molar-refractivity contribution in [1.82, 2.24) is 5.32 Å². The van der Waals surface area contributed by atoms with Crippen LogP contribution in [0.4, 0.5) is 0 Å². The van der Waals surface area contributed by atoms with Crippen LogP contribution >= 0.6 is 0 Å². The number of amides is 1. The normalized spacial score (nSPS) is 20.0. The molecule has 1 aliphatic heterocycles. The van der Waals surface area contributed by atoms with E-state index in [-0.39, 0.29) is 12.5 Å². The number of aliphatic hydroxyl groups excluding tert-OH is 5. The number of rotatable bonds is 48. The smallest absolute Gasteiger partial charge is 0.220 e. The first-order valence-corrected chi connectivity index (χ1v) is 28.5. The van der Waals surface area contributed by atoms with Crippen LogP contribution in [0.25, 0.3) is 0 Å². The molecule has 1 rings (SSSR count). The quantitative estimate of drug-likeness (QED) is 0.0261. The summed E-state index contributed by atoms with van der Waals surface area (Å²) in [5.41, 5.74) is 0. The summed E-state index contributed by atoms with van der Waals surface area (Å²) in [6.07, 6.45) is 58.7. The van der Waals surface area contributed by atoms with Crippen molar-refractivity contribution >= 4 is 5.91 Å². The average molecular weight is 959 g/mol. The molecule has 9 nitrogen and oxygen atoms in total. The Morgan fingerprint density at radius 2 is 0.882 bits per heavy atom. The molecule has 6 N–H and O–H groups in total. The van der Waals surface area contributed by atoms with E-state index in [1.165, 1.54) is 161 Å². The molecule has 0 bridgehead atoms. The number of unbranched alkanes of at least 4 members (excludes halogenated alkanes) is 30. The summed E-state index contributed by atoms with van der Waals surface area (Å²) in [5, 5.41) is 54.4. The first kappa shape index (κ1) is 63.9. The highest BCUT2D eigenvalue weighted by Gasteiger charge is 2.44. The van der Waals surface area contributed by atoms with Gasteiger partial charge in [-0.3, -0.25) is 4.79 Å². The van der Waals surface area contributed by atoms with Crippen molar-refractivity contribution in [2.75, 3.05) is 13.2 Å². The van der Waals surface area contributed by atoms with Gasteiger partial charge in [-0.1, -0.05) is 229 Å². The molecule has 7 atom stereocenters. The third kappa shape index (κ3) is 37.7. The molecule has 0 aliphatic carbocycles. The number of aliphatic hydroxyl groups is 5. The Morgan fingerprint density at radius 3 is 1.35 bits per heavy atom. The third-order valence-electron chi connectivity index (χ3n) is 13.3. The molecular weight excluding hydrogens is 851 g/mol. The van der Waals surface area contributed by atoms with Crippen molar-refractivity contribution in [1.29, 1.82) is 0 Å². The van der Waals surface area contributed by atoms with Gasteiger partial charge in [-0.25, -0.2) is 0 Å². The molecule has 0 saturated carbocycles. The lowest BCUT2D eigenvalue weighted by Gasteiger charge is -2.40. The summed E-state index contributed by atoms with van der Waals surface area (Å²) in [4.78, 5) is 13.0. The van der Waals surface area contributed by atoms with Gasteiger partial charge in [-0.05, 0) is 77.0 Å². The van der Waals surface area contributed by atoms with Gasteiger partial charge in [0.05, 0.1) is 25.4 Å². The Labute approximate surface area is 417 Å². The topological polar surface area (TPSA) is 149 Å². The summed E-state index contributed by atoms with van der Waals surface area (Å²) in [6.45, 7) is 3.73. The Bertz CT molecular complexity index is 1250. The SMILES string of the molecule is CCCCC/C=C\C/C=C\CCCCCCCC(=O)NC(COC1OC(CO)C(O)C(O)C1O)C(O)/C=C/CC/C=C/CC/C=C/CCCCCCCCCCCCCCCCCCCCCC. The monoisotopic (exact) mass is 958 g/mol. The van der Waals surface area contributed by atoms with Gasteiger partial charge in [0.25, 0.3) is 0 Å². The van der Waals surface area contributed by atoms with E-state index in [2.05, 4.69) is 67.8 Å². The maximum atomic E-state index is 13.0. The zero-order chi connectivity index (χ0) is 49.4. The third-order valence-corrected chi connectivity index (χ3v) is 13.3. The van der Waals surface area contributed by atoms with E-state index < -0.39 is 49.5 Å². The number of allylic oxidation sites excluding steroid dienone is 9. The minimum atomic E-state index is -1.58. The summed E-state index contributed by atoms with van der Waals surface area (Å²) in [7, 11) is 0.